The molecule has 0 spiro atoms. The number of thioether (sulfide) groups is 1. The van der Waals surface area contributed by atoms with Crippen LogP contribution in [0.15, 0.2) is 24.3 Å². The molecular weight excluding hydrogens is 276 g/mol. The fourth-order valence-electron chi connectivity index (χ4n) is 1.55. The molecule has 0 heterocycles. The first-order valence-corrected chi connectivity index (χ1v) is 7.59. The molecular formula is C14H20N2O3S. The van der Waals surface area contributed by atoms with E-state index in [1.54, 1.807) is 23.9 Å². The van der Waals surface area contributed by atoms with Gasteiger partial charge in [0.25, 0.3) is 0 Å². The Labute approximate surface area is 123 Å². The van der Waals surface area contributed by atoms with Crippen LogP contribution in [0.5, 0.6) is 0 Å². The second-order valence-corrected chi connectivity index (χ2v) is 5.82. The number of carboxylic acids is 1. The Morgan fingerprint density at radius 2 is 1.95 bits per heavy atom. The van der Waals surface area contributed by atoms with E-state index in [-0.39, 0.29) is 11.8 Å². The van der Waals surface area contributed by atoms with Crippen molar-refractivity contribution in [2.24, 2.45) is 0 Å². The van der Waals surface area contributed by atoms with Crippen molar-refractivity contribution in [3.63, 3.8) is 0 Å². The molecule has 110 valence electrons. The monoisotopic (exact) mass is 296 g/mol. The summed E-state index contributed by atoms with van der Waals surface area (Å²) in [5, 5.41) is 12.0. The summed E-state index contributed by atoms with van der Waals surface area (Å²) >= 11 is 1.64. The van der Waals surface area contributed by atoms with Gasteiger partial charge in [-0.25, -0.2) is 4.79 Å². The van der Waals surface area contributed by atoms with Crippen molar-refractivity contribution in [1.29, 1.82) is 0 Å². The molecule has 2 N–H and O–H groups in total. The number of carbonyl (C=O) groups excluding carboxylic acids is 1. The number of nitrogens with zero attached hydrogens (tertiary/aromatic N) is 1. The number of hydrogen-bond donors (Lipinski definition) is 2. The summed E-state index contributed by atoms with van der Waals surface area (Å²) in [6, 6.07) is 6.80. The molecule has 1 aromatic rings. The van der Waals surface area contributed by atoms with Crippen molar-refractivity contribution in [3.05, 3.63) is 29.8 Å². The zero-order valence-corrected chi connectivity index (χ0v) is 12.7. The van der Waals surface area contributed by atoms with Crippen LogP contribution in [0.4, 0.5) is 10.5 Å². The molecule has 0 aliphatic rings. The first-order valence-electron chi connectivity index (χ1n) is 6.30. The summed E-state index contributed by atoms with van der Waals surface area (Å²) in [7, 11) is 0. The minimum Gasteiger partial charge on any atom is -0.480 e. The molecule has 5 nitrogen and oxygen atoms in total. The van der Waals surface area contributed by atoms with Gasteiger partial charge in [-0.2, -0.15) is 11.8 Å². The first kappa shape index (κ1) is 16.4. The summed E-state index contributed by atoms with van der Waals surface area (Å²) in [6.45, 7) is 4.08. The summed E-state index contributed by atoms with van der Waals surface area (Å²) in [6.07, 6.45) is 1.96. The van der Waals surface area contributed by atoms with Crippen molar-refractivity contribution >= 4 is 29.4 Å². The lowest BCUT2D eigenvalue weighted by Crippen LogP contribution is -2.44. The van der Waals surface area contributed by atoms with Gasteiger partial charge < -0.3 is 10.4 Å². The fraction of sp³-hybridized carbons (Fsp3) is 0.429. The van der Waals surface area contributed by atoms with E-state index >= 15 is 0 Å². The second-order valence-electron chi connectivity index (χ2n) is 4.55. The molecule has 2 amide bonds. The van der Waals surface area contributed by atoms with Gasteiger partial charge in [-0.1, -0.05) is 24.6 Å². The molecule has 0 aromatic heterocycles. The molecule has 1 atom stereocenters. The fourth-order valence-corrected chi connectivity index (χ4v) is 1.80. The van der Waals surface area contributed by atoms with Gasteiger partial charge in [0.15, 0.2) is 0 Å². The largest absolute Gasteiger partial charge is 0.480 e. The number of urea groups is 1. The molecule has 20 heavy (non-hydrogen) atoms. The maximum atomic E-state index is 12.1. The Morgan fingerprint density at radius 3 is 2.45 bits per heavy atom. The smallest absolute Gasteiger partial charge is 0.323 e. The van der Waals surface area contributed by atoms with Crippen molar-refractivity contribution in [2.75, 3.05) is 24.2 Å². The summed E-state index contributed by atoms with van der Waals surface area (Å²) in [5.74, 6) is -1.04. The first-order chi connectivity index (χ1) is 9.43. The van der Waals surface area contributed by atoms with Gasteiger partial charge in [-0.05, 0) is 25.3 Å². The van der Waals surface area contributed by atoms with Crippen LogP contribution in [0.3, 0.4) is 0 Å². The topological polar surface area (TPSA) is 69.6 Å². The van der Waals surface area contributed by atoms with E-state index in [0.717, 1.165) is 5.56 Å². The molecule has 6 heteroatoms. The van der Waals surface area contributed by atoms with Crippen LogP contribution in [-0.4, -0.2) is 41.7 Å². The third-order valence-electron chi connectivity index (χ3n) is 2.83. The summed E-state index contributed by atoms with van der Waals surface area (Å²) < 4.78 is 0. The molecule has 0 saturated carbocycles. The molecule has 0 saturated heterocycles. The molecule has 1 rings (SSSR count). The van der Waals surface area contributed by atoms with Gasteiger partial charge >= 0.3 is 12.0 Å². The Hall–Kier alpha value is -1.69. The molecule has 0 radical (unpaired) electrons. The van der Waals surface area contributed by atoms with Crippen LogP contribution in [0.2, 0.25) is 0 Å². The van der Waals surface area contributed by atoms with Crippen molar-refractivity contribution in [2.45, 2.75) is 19.1 Å². The van der Waals surface area contributed by atoms with Crippen molar-refractivity contribution in [1.82, 2.24) is 5.32 Å². The Bertz CT molecular complexity index is 462. The highest BCUT2D eigenvalue weighted by Gasteiger charge is 2.18. The zero-order chi connectivity index (χ0) is 15.1. The number of carboxylic acid groups (broad SMARTS) is 1. The number of nitrogens with one attached hydrogen (secondary N) is 1. The minimum atomic E-state index is -1.04. The highest BCUT2D eigenvalue weighted by Crippen LogP contribution is 2.15. The SMILES string of the molecule is CSC(C)CNC(=O)N(CC(=O)O)c1ccc(C)cc1. The third kappa shape index (κ3) is 5.13. The molecule has 1 aromatic carbocycles. The lowest BCUT2D eigenvalue weighted by molar-refractivity contribution is -0.135. The highest BCUT2D eigenvalue weighted by molar-refractivity contribution is 7.99. The van der Waals surface area contributed by atoms with E-state index in [9.17, 15) is 9.59 Å². The van der Waals surface area contributed by atoms with Gasteiger partial charge in [-0.3, -0.25) is 9.69 Å². The maximum Gasteiger partial charge on any atom is 0.323 e. The summed E-state index contributed by atoms with van der Waals surface area (Å²) in [4.78, 5) is 24.3. The second kappa shape index (κ2) is 7.79. The minimum absolute atomic E-state index is 0.281. The van der Waals surface area contributed by atoms with Crippen LogP contribution in [-0.2, 0) is 4.79 Å². The van der Waals surface area contributed by atoms with E-state index in [2.05, 4.69) is 5.32 Å². The van der Waals surface area contributed by atoms with E-state index in [4.69, 9.17) is 5.11 Å². The van der Waals surface area contributed by atoms with Gasteiger partial charge in [0.2, 0.25) is 0 Å². The number of benzene rings is 1. The highest BCUT2D eigenvalue weighted by atomic mass is 32.2. The van der Waals surface area contributed by atoms with Crippen molar-refractivity contribution < 1.29 is 14.7 Å². The van der Waals surface area contributed by atoms with E-state index in [0.29, 0.717) is 12.2 Å². The van der Waals surface area contributed by atoms with E-state index in [1.807, 2.05) is 32.2 Å². The van der Waals surface area contributed by atoms with Gasteiger partial charge in [0, 0.05) is 17.5 Å². The number of aliphatic carboxylic acids is 1. The van der Waals surface area contributed by atoms with Crippen molar-refractivity contribution in [3.8, 4) is 0 Å². The van der Waals surface area contributed by atoms with Gasteiger partial charge in [0.05, 0.1) is 0 Å². The number of anilines is 1. The average molecular weight is 296 g/mol. The number of aryl methyl sites for hydroxylation is 1. The van der Waals surface area contributed by atoms with Crippen LogP contribution in [0, 0.1) is 6.92 Å². The van der Waals surface area contributed by atoms with E-state index in [1.165, 1.54) is 4.90 Å². The van der Waals surface area contributed by atoms with Crippen LogP contribution < -0.4 is 10.2 Å². The standard InChI is InChI=1S/C14H20N2O3S/c1-10-4-6-12(7-5-10)16(9-13(17)18)14(19)15-8-11(2)20-3/h4-7,11H,8-9H2,1-3H3,(H,15,19)(H,17,18). The number of carbonyl (C=O) groups is 2. The average Bonchev–Trinajstić information content (AvgIpc) is 2.42. The molecule has 0 bridgehead atoms. The maximum absolute atomic E-state index is 12.1. The third-order valence-corrected chi connectivity index (χ3v) is 3.80. The molecule has 1 unspecified atom stereocenters. The van der Waals surface area contributed by atoms with E-state index < -0.39 is 12.0 Å². The number of amides is 2. The normalized spacial score (nSPS) is 11.8. The zero-order valence-electron chi connectivity index (χ0n) is 11.9. The molecule has 0 aliphatic heterocycles. The predicted molar refractivity (Wildman–Crippen MR) is 82.5 cm³/mol. The van der Waals surface area contributed by atoms with Crippen LogP contribution in [0.1, 0.15) is 12.5 Å². The molecule has 0 fully saturated rings. The van der Waals surface area contributed by atoms with Gasteiger partial charge in [-0.15, -0.1) is 0 Å². The Morgan fingerprint density at radius 1 is 1.35 bits per heavy atom. The van der Waals surface area contributed by atoms with Gasteiger partial charge in [0.1, 0.15) is 6.54 Å². The lowest BCUT2D eigenvalue weighted by atomic mass is 10.2. The van der Waals surface area contributed by atoms with Crippen LogP contribution in [0.25, 0.3) is 0 Å². The van der Waals surface area contributed by atoms with Crippen LogP contribution >= 0.6 is 11.8 Å². The number of rotatable bonds is 6. The number of hydrogen-bond acceptors (Lipinski definition) is 3. The lowest BCUT2D eigenvalue weighted by Gasteiger charge is -2.22. The predicted octanol–water partition coefficient (Wildman–Crippen LogP) is 2.35. The Balaban J connectivity index is 2.80. The Kier molecular flexibility index (Phi) is 6.38. The summed E-state index contributed by atoms with van der Waals surface area (Å²) in [5.41, 5.74) is 1.63. The quantitative estimate of drug-likeness (QED) is 0.845. The molecule has 0 aliphatic carbocycles.